The number of amides is 1. The summed E-state index contributed by atoms with van der Waals surface area (Å²) in [6, 6.07) is 14.1. The number of ether oxygens (including phenoxy) is 2. The van der Waals surface area contributed by atoms with Crippen molar-refractivity contribution in [2.75, 3.05) is 13.2 Å². The molecule has 1 saturated heterocycles. The number of nitrogens with zero attached hydrogens (tertiary/aromatic N) is 3. The molecule has 0 saturated carbocycles. The molecule has 1 aliphatic heterocycles. The second kappa shape index (κ2) is 9.87. The number of aromatic nitrogens is 2. The van der Waals surface area contributed by atoms with Crippen molar-refractivity contribution in [3.63, 3.8) is 0 Å². The predicted octanol–water partition coefficient (Wildman–Crippen LogP) is 3.85. The molecule has 3 aromatic rings. The number of rotatable bonds is 7. The molecule has 0 radical (unpaired) electrons. The summed E-state index contributed by atoms with van der Waals surface area (Å²) in [4.78, 5) is 30.3. The molecule has 3 heterocycles. The van der Waals surface area contributed by atoms with Crippen molar-refractivity contribution in [1.82, 2.24) is 14.5 Å². The molecule has 0 N–H and O–H groups in total. The molecular formula is C24H24ClN3O4. The summed E-state index contributed by atoms with van der Waals surface area (Å²) in [7, 11) is 0. The molecule has 0 unspecified atom stereocenters. The molecule has 2 aromatic heterocycles. The van der Waals surface area contributed by atoms with Crippen LogP contribution in [0.3, 0.4) is 0 Å². The number of carbonyl (C=O) groups is 1. The van der Waals surface area contributed by atoms with Crippen molar-refractivity contribution in [1.29, 1.82) is 0 Å². The zero-order chi connectivity index (χ0) is 22.5. The average Bonchev–Trinajstić information content (AvgIpc) is 3.27. The van der Waals surface area contributed by atoms with Crippen molar-refractivity contribution >= 4 is 17.5 Å². The Balaban J connectivity index is 1.36. The lowest BCUT2D eigenvalue weighted by atomic mass is 10.2. The minimum absolute atomic E-state index is 0.0858. The molecule has 4 rings (SSSR count). The van der Waals surface area contributed by atoms with Crippen LogP contribution in [0.2, 0.25) is 5.02 Å². The molecule has 1 atom stereocenters. The zero-order valence-corrected chi connectivity index (χ0v) is 18.5. The summed E-state index contributed by atoms with van der Waals surface area (Å²) in [5, 5.41) is 0.560. The molecule has 1 fully saturated rings. The summed E-state index contributed by atoms with van der Waals surface area (Å²) < 4.78 is 13.1. The van der Waals surface area contributed by atoms with Crippen molar-refractivity contribution < 1.29 is 14.3 Å². The number of likely N-dealkylation sites (tertiary alicyclic amines) is 1. The lowest BCUT2D eigenvalue weighted by Crippen LogP contribution is -2.37. The zero-order valence-electron chi connectivity index (χ0n) is 17.7. The number of pyridine rings is 2. The van der Waals surface area contributed by atoms with Crippen molar-refractivity contribution in [3.8, 4) is 17.2 Å². The number of halogens is 1. The van der Waals surface area contributed by atoms with Crippen LogP contribution in [0.15, 0.2) is 65.7 Å². The standard InChI is InChI=1S/C24H24ClN3O4/c1-17(29)27-11-2-3-21(27)16-32-22-8-6-20(7-9-22)28-12-10-23(13-24(28)30)31-15-19-5-4-18(25)14-26-19/h4-10,12-14,21H,2-3,11,15-16H2,1H3/t21-/m0/s1. The third-order valence-corrected chi connectivity index (χ3v) is 5.63. The fourth-order valence-electron chi connectivity index (χ4n) is 3.73. The molecular weight excluding hydrogens is 430 g/mol. The topological polar surface area (TPSA) is 73.7 Å². The second-order valence-corrected chi connectivity index (χ2v) is 8.08. The third kappa shape index (κ3) is 5.29. The summed E-state index contributed by atoms with van der Waals surface area (Å²) in [6.07, 6.45) is 5.19. The Hall–Kier alpha value is -3.32. The Morgan fingerprint density at radius 1 is 1.12 bits per heavy atom. The Labute approximate surface area is 191 Å². The summed E-state index contributed by atoms with van der Waals surface area (Å²) in [6.45, 7) is 3.10. The van der Waals surface area contributed by atoms with Gasteiger partial charge in [-0.2, -0.15) is 0 Å². The molecule has 1 aromatic carbocycles. The lowest BCUT2D eigenvalue weighted by Gasteiger charge is -2.23. The van der Waals surface area contributed by atoms with Crippen LogP contribution in [0.5, 0.6) is 11.5 Å². The Morgan fingerprint density at radius 3 is 2.62 bits per heavy atom. The number of hydrogen-bond acceptors (Lipinski definition) is 5. The normalized spacial score (nSPS) is 15.6. The third-order valence-electron chi connectivity index (χ3n) is 5.41. The van der Waals surface area contributed by atoms with Gasteiger partial charge in [-0.05, 0) is 55.3 Å². The maximum Gasteiger partial charge on any atom is 0.258 e. The van der Waals surface area contributed by atoms with Gasteiger partial charge in [0.25, 0.3) is 5.56 Å². The van der Waals surface area contributed by atoms with Gasteiger partial charge >= 0.3 is 0 Å². The van der Waals surface area contributed by atoms with Gasteiger partial charge in [-0.25, -0.2) is 0 Å². The van der Waals surface area contributed by atoms with Crippen LogP contribution < -0.4 is 15.0 Å². The molecule has 32 heavy (non-hydrogen) atoms. The largest absolute Gasteiger partial charge is 0.491 e. The Kier molecular flexibility index (Phi) is 6.75. The minimum Gasteiger partial charge on any atom is -0.491 e. The van der Waals surface area contributed by atoms with E-state index in [4.69, 9.17) is 21.1 Å². The van der Waals surface area contributed by atoms with Crippen LogP contribution in [0, 0.1) is 0 Å². The van der Waals surface area contributed by atoms with Crippen LogP contribution in [-0.2, 0) is 11.4 Å². The molecule has 8 heteroatoms. The van der Waals surface area contributed by atoms with Crippen LogP contribution in [0.4, 0.5) is 0 Å². The van der Waals surface area contributed by atoms with E-state index in [0.29, 0.717) is 23.1 Å². The fraction of sp³-hybridized carbons (Fsp3) is 0.292. The number of carbonyl (C=O) groups excluding carboxylic acids is 1. The highest BCUT2D eigenvalue weighted by Crippen LogP contribution is 2.20. The number of hydrogen-bond donors (Lipinski definition) is 0. The monoisotopic (exact) mass is 453 g/mol. The van der Waals surface area contributed by atoms with Gasteiger partial charge in [0.05, 0.1) is 16.8 Å². The maximum atomic E-state index is 12.6. The van der Waals surface area contributed by atoms with E-state index in [9.17, 15) is 9.59 Å². The Bertz CT molecular complexity index is 1130. The van der Waals surface area contributed by atoms with E-state index < -0.39 is 0 Å². The van der Waals surface area contributed by atoms with Crippen molar-refractivity contribution in [3.05, 3.63) is 82.0 Å². The van der Waals surface area contributed by atoms with Gasteiger partial charge in [0, 0.05) is 37.6 Å². The van der Waals surface area contributed by atoms with Gasteiger partial charge < -0.3 is 14.4 Å². The second-order valence-electron chi connectivity index (χ2n) is 7.64. The van der Waals surface area contributed by atoms with E-state index in [1.54, 1.807) is 37.5 Å². The van der Waals surface area contributed by atoms with Gasteiger partial charge in [0.15, 0.2) is 0 Å². The SMILES string of the molecule is CC(=O)N1CCC[C@H]1COc1ccc(-n2ccc(OCc3ccc(Cl)cn3)cc2=O)cc1. The van der Waals surface area contributed by atoms with Gasteiger partial charge in [0.1, 0.15) is 24.7 Å². The average molecular weight is 454 g/mol. The van der Waals surface area contributed by atoms with Gasteiger partial charge in [-0.1, -0.05) is 11.6 Å². The molecule has 0 aliphatic carbocycles. The lowest BCUT2D eigenvalue weighted by molar-refractivity contribution is -0.130. The quantitative estimate of drug-likeness (QED) is 0.543. The van der Waals surface area contributed by atoms with E-state index >= 15 is 0 Å². The first-order valence-electron chi connectivity index (χ1n) is 10.5. The molecule has 7 nitrogen and oxygen atoms in total. The fourth-order valence-corrected chi connectivity index (χ4v) is 3.84. The highest BCUT2D eigenvalue weighted by molar-refractivity contribution is 6.30. The summed E-state index contributed by atoms with van der Waals surface area (Å²) in [5.41, 5.74) is 1.24. The minimum atomic E-state index is -0.205. The first-order chi connectivity index (χ1) is 15.5. The van der Waals surface area contributed by atoms with E-state index in [2.05, 4.69) is 4.98 Å². The van der Waals surface area contributed by atoms with E-state index in [-0.39, 0.29) is 24.1 Å². The van der Waals surface area contributed by atoms with Crippen molar-refractivity contribution in [2.24, 2.45) is 0 Å². The first-order valence-corrected chi connectivity index (χ1v) is 10.8. The molecule has 1 aliphatic rings. The van der Waals surface area contributed by atoms with Gasteiger partial charge in [0.2, 0.25) is 5.91 Å². The highest BCUT2D eigenvalue weighted by atomic mass is 35.5. The smallest absolute Gasteiger partial charge is 0.258 e. The van der Waals surface area contributed by atoms with Crippen molar-refractivity contribution in [2.45, 2.75) is 32.4 Å². The number of benzene rings is 1. The molecule has 0 bridgehead atoms. The highest BCUT2D eigenvalue weighted by Gasteiger charge is 2.26. The first kappa shape index (κ1) is 21.9. The van der Waals surface area contributed by atoms with E-state index in [0.717, 1.165) is 30.8 Å². The Morgan fingerprint density at radius 2 is 1.94 bits per heavy atom. The van der Waals surface area contributed by atoms with E-state index in [1.807, 2.05) is 29.2 Å². The van der Waals surface area contributed by atoms with Crippen LogP contribution in [0.1, 0.15) is 25.5 Å². The van der Waals surface area contributed by atoms with Gasteiger partial charge in [-0.3, -0.25) is 19.1 Å². The van der Waals surface area contributed by atoms with E-state index in [1.165, 1.54) is 10.6 Å². The van der Waals surface area contributed by atoms with Crippen LogP contribution >= 0.6 is 11.6 Å². The summed E-state index contributed by atoms with van der Waals surface area (Å²) in [5.74, 6) is 1.25. The predicted molar refractivity (Wildman–Crippen MR) is 122 cm³/mol. The molecule has 0 spiro atoms. The maximum absolute atomic E-state index is 12.6. The van der Waals surface area contributed by atoms with Gasteiger partial charge in [-0.15, -0.1) is 0 Å². The molecule has 166 valence electrons. The molecule has 1 amide bonds. The van der Waals surface area contributed by atoms with Crippen LogP contribution in [-0.4, -0.2) is 39.6 Å². The summed E-state index contributed by atoms with van der Waals surface area (Å²) >= 11 is 5.83. The van der Waals surface area contributed by atoms with Crippen LogP contribution in [0.25, 0.3) is 5.69 Å².